The third-order valence-electron chi connectivity index (χ3n) is 5.82. The third kappa shape index (κ3) is 4.95. The Kier molecular flexibility index (Phi) is 6.72. The van der Waals surface area contributed by atoms with Gasteiger partial charge in [-0.2, -0.15) is 13.2 Å². The standard InChI is InChI=1S/C21H19ClF5NO7/c22-9-15(29)28(10-20(23,24)14-8-19(3-4-32-14)33-5-6-34-19)16-12-7-11(21(25,26)27)1-2-13(12)35-17(16)18(30)31/h1-2,7,14H,3-6,8-10H2,(H,30,31). The van der Waals surface area contributed by atoms with Gasteiger partial charge in [0, 0.05) is 18.2 Å². The summed E-state index contributed by atoms with van der Waals surface area (Å²) in [7, 11) is 0. The van der Waals surface area contributed by atoms with Crippen molar-refractivity contribution in [2.24, 2.45) is 0 Å². The van der Waals surface area contributed by atoms with Gasteiger partial charge in [-0.3, -0.25) is 4.79 Å². The summed E-state index contributed by atoms with van der Waals surface area (Å²) in [5, 5.41) is 9.06. The first-order valence-corrected chi connectivity index (χ1v) is 10.9. The minimum atomic E-state index is -4.83. The van der Waals surface area contributed by atoms with E-state index in [4.69, 9.17) is 30.2 Å². The minimum Gasteiger partial charge on any atom is -0.475 e. The molecule has 2 fully saturated rings. The number of hydrogen-bond acceptors (Lipinski definition) is 6. The van der Waals surface area contributed by atoms with E-state index in [2.05, 4.69) is 0 Å². The minimum absolute atomic E-state index is 0.131. The molecule has 1 unspecified atom stereocenters. The summed E-state index contributed by atoms with van der Waals surface area (Å²) in [6, 6.07) is 2.01. The van der Waals surface area contributed by atoms with Crippen molar-refractivity contribution >= 4 is 40.1 Å². The molecule has 1 aromatic carbocycles. The molecule has 0 radical (unpaired) electrons. The first-order chi connectivity index (χ1) is 16.4. The third-order valence-corrected chi connectivity index (χ3v) is 6.05. The van der Waals surface area contributed by atoms with E-state index < -0.39 is 70.7 Å². The van der Waals surface area contributed by atoms with Gasteiger partial charge in [0.2, 0.25) is 11.7 Å². The molecule has 0 aliphatic carbocycles. The van der Waals surface area contributed by atoms with Crippen LogP contribution in [0.4, 0.5) is 27.6 Å². The summed E-state index contributed by atoms with van der Waals surface area (Å²) in [6.45, 7) is -1.16. The molecule has 1 N–H and O–H groups in total. The number of hydrogen-bond donors (Lipinski definition) is 1. The number of halogens is 6. The second kappa shape index (κ2) is 9.19. The number of rotatable bonds is 6. The van der Waals surface area contributed by atoms with Gasteiger partial charge in [0.25, 0.3) is 5.92 Å². The van der Waals surface area contributed by atoms with Crippen LogP contribution in [0, 0.1) is 0 Å². The van der Waals surface area contributed by atoms with E-state index in [1.807, 2.05) is 0 Å². The summed E-state index contributed by atoms with van der Waals surface area (Å²) in [6.07, 6.45) is -6.79. The molecule has 1 aromatic heterocycles. The lowest BCUT2D eigenvalue weighted by Crippen LogP contribution is -2.54. The van der Waals surface area contributed by atoms with E-state index in [1.54, 1.807) is 0 Å². The van der Waals surface area contributed by atoms with Crippen molar-refractivity contribution in [2.45, 2.75) is 36.8 Å². The van der Waals surface area contributed by atoms with E-state index in [1.165, 1.54) is 0 Å². The molecule has 1 atom stereocenters. The number of carbonyl (C=O) groups excluding carboxylic acids is 1. The maximum absolute atomic E-state index is 15.5. The quantitative estimate of drug-likeness (QED) is 0.442. The molecule has 2 aliphatic heterocycles. The van der Waals surface area contributed by atoms with Crippen LogP contribution >= 0.6 is 11.6 Å². The Balaban J connectivity index is 1.76. The SMILES string of the molecule is O=C(O)c1oc2ccc(C(F)(F)F)cc2c1N(CC(F)(F)C1CC2(CCO1)OCCO2)C(=O)CCl. The van der Waals surface area contributed by atoms with E-state index in [9.17, 15) is 27.9 Å². The van der Waals surface area contributed by atoms with E-state index in [0.717, 1.165) is 6.07 Å². The second-order valence-electron chi connectivity index (χ2n) is 8.09. The molecular weight excluding hydrogens is 509 g/mol. The number of nitrogens with zero attached hydrogens (tertiary/aromatic N) is 1. The zero-order chi connectivity index (χ0) is 25.6. The Hall–Kier alpha value is -2.48. The predicted octanol–water partition coefficient (Wildman–Crippen LogP) is 4.28. The van der Waals surface area contributed by atoms with Gasteiger partial charge < -0.3 is 28.6 Å². The fraction of sp³-hybridized carbons (Fsp3) is 0.524. The molecule has 0 saturated carbocycles. The van der Waals surface area contributed by atoms with E-state index >= 15 is 8.78 Å². The van der Waals surface area contributed by atoms with Crippen LogP contribution in [-0.4, -0.2) is 67.0 Å². The Labute approximate surface area is 199 Å². The molecule has 14 heteroatoms. The number of anilines is 1. The summed E-state index contributed by atoms with van der Waals surface area (Å²) >= 11 is 5.60. The lowest BCUT2D eigenvalue weighted by atomic mass is 9.97. The molecule has 4 rings (SSSR count). The van der Waals surface area contributed by atoms with Crippen LogP contribution in [0.2, 0.25) is 0 Å². The van der Waals surface area contributed by atoms with Gasteiger partial charge in [-0.05, 0) is 18.2 Å². The summed E-state index contributed by atoms with van der Waals surface area (Å²) in [5.74, 6) is -9.87. The molecule has 1 spiro atoms. The van der Waals surface area contributed by atoms with Crippen molar-refractivity contribution in [3.63, 3.8) is 0 Å². The predicted molar refractivity (Wildman–Crippen MR) is 110 cm³/mol. The number of furan rings is 1. The number of benzene rings is 1. The molecule has 0 bridgehead atoms. The number of ether oxygens (including phenoxy) is 3. The van der Waals surface area contributed by atoms with Gasteiger partial charge in [0.15, 0.2) is 5.79 Å². The van der Waals surface area contributed by atoms with Crippen LogP contribution in [0.3, 0.4) is 0 Å². The van der Waals surface area contributed by atoms with Crippen molar-refractivity contribution in [2.75, 3.05) is 37.1 Å². The Morgan fingerprint density at radius 3 is 2.43 bits per heavy atom. The number of carbonyl (C=O) groups is 2. The van der Waals surface area contributed by atoms with Gasteiger partial charge in [-0.15, -0.1) is 11.6 Å². The molecule has 3 heterocycles. The molecule has 2 aliphatic rings. The smallest absolute Gasteiger partial charge is 0.416 e. The highest BCUT2D eigenvalue weighted by Crippen LogP contribution is 2.42. The molecule has 35 heavy (non-hydrogen) atoms. The maximum atomic E-state index is 15.5. The Morgan fingerprint density at radius 1 is 1.14 bits per heavy atom. The van der Waals surface area contributed by atoms with Gasteiger partial charge >= 0.3 is 12.1 Å². The van der Waals surface area contributed by atoms with Gasteiger partial charge in [0.1, 0.15) is 23.3 Å². The molecular formula is C21H19ClF5NO7. The van der Waals surface area contributed by atoms with Crippen LogP contribution in [0.25, 0.3) is 11.0 Å². The average Bonchev–Trinajstić information content (AvgIpc) is 3.40. The van der Waals surface area contributed by atoms with Crippen molar-refractivity contribution in [3.05, 3.63) is 29.5 Å². The second-order valence-corrected chi connectivity index (χ2v) is 8.36. The highest BCUT2D eigenvalue weighted by Gasteiger charge is 2.52. The number of carboxylic acid groups (broad SMARTS) is 1. The first-order valence-electron chi connectivity index (χ1n) is 10.4. The Morgan fingerprint density at radius 2 is 1.83 bits per heavy atom. The van der Waals surface area contributed by atoms with Crippen molar-refractivity contribution in [1.82, 2.24) is 0 Å². The fourth-order valence-corrected chi connectivity index (χ4v) is 4.33. The van der Waals surface area contributed by atoms with Crippen LogP contribution in [0.1, 0.15) is 29.0 Å². The molecule has 192 valence electrons. The van der Waals surface area contributed by atoms with Crippen LogP contribution in [-0.2, 0) is 25.2 Å². The fourth-order valence-electron chi connectivity index (χ4n) is 4.18. The highest BCUT2D eigenvalue weighted by atomic mass is 35.5. The van der Waals surface area contributed by atoms with Gasteiger partial charge in [-0.1, -0.05) is 0 Å². The Bertz CT molecular complexity index is 1130. The zero-order valence-electron chi connectivity index (χ0n) is 17.9. The number of carboxylic acids is 1. The molecule has 2 aromatic rings. The summed E-state index contributed by atoms with van der Waals surface area (Å²) in [5.41, 5.74) is -2.30. The normalized spacial score (nSPS) is 20.5. The highest BCUT2D eigenvalue weighted by molar-refractivity contribution is 6.30. The van der Waals surface area contributed by atoms with Crippen LogP contribution in [0.15, 0.2) is 22.6 Å². The van der Waals surface area contributed by atoms with Crippen LogP contribution in [0.5, 0.6) is 0 Å². The molecule has 8 nitrogen and oxygen atoms in total. The maximum Gasteiger partial charge on any atom is 0.416 e. The first kappa shape index (κ1) is 25.6. The lowest BCUT2D eigenvalue weighted by molar-refractivity contribution is -0.255. The van der Waals surface area contributed by atoms with Gasteiger partial charge in [-0.25, -0.2) is 13.6 Å². The lowest BCUT2D eigenvalue weighted by Gasteiger charge is -2.40. The average molecular weight is 528 g/mol. The summed E-state index contributed by atoms with van der Waals surface area (Å²) < 4.78 is 92.1. The van der Waals surface area contributed by atoms with E-state index in [0.29, 0.717) is 17.0 Å². The molecule has 2 saturated heterocycles. The molecule has 1 amide bonds. The zero-order valence-corrected chi connectivity index (χ0v) is 18.6. The monoisotopic (exact) mass is 527 g/mol. The number of fused-ring (bicyclic) bond motifs is 1. The number of alkyl halides is 6. The van der Waals surface area contributed by atoms with Crippen molar-refractivity contribution in [1.29, 1.82) is 0 Å². The largest absolute Gasteiger partial charge is 0.475 e. The van der Waals surface area contributed by atoms with Crippen LogP contribution < -0.4 is 4.90 Å². The summed E-state index contributed by atoms with van der Waals surface area (Å²) in [4.78, 5) is 24.8. The topological polar surface area (TPSA) is 98.4 Å². The number of aromatic carboxylic acids is 1. The van der Waals surface area contributed by atoms with E-state index in [-0.39, 0.29) is 38.2 Å². The van der Waals surface area contributed by atoms with Crippen molar-refractivity contribution < 1.29 is 55.3 Å². The number of amides is 1. The van der Waals surface area contributed by atoms with Crippen molar-refractivity contribution in [3.8, 4) is 0 Å². The van der Waals surface area contributed by atoms with Gasteiger partial charge in [0.05, 0.1) is 31.9 Å².